The molecule has 0 radical (unpaired) electrons. The highest BCUT2D eigenvalue weighted by atomic mass is 35.5. The largest absolute Gasteiger partial charge is 0.251 e. The minimum absolute atomic E-state index is 0.684. The fourth-order valence-electron chi connectivity index (χ4n) is 2.45. The van der Waals surface area contributed by atoms with Gasteiger partial charge in [0.15, 0.2) is 0 Å². The zero-order chi connectivity index (χ0) is 14.4. The molecule has 0 unspecified atom stereocenters. The van der Waals surface area contributed by atoms with E-state index in [4.69, 9.17) is 11.6 Å². The average molecular weight is 298 g/mol. The molecule has 0 atom stereocenters. The summed E-state index contributed by atoms with van der Waals surface area (Å²) in [5.74, 6) is 0.716. The molecule has 0 bridgehead atoms. The number of hydrogen-bond donors (Lipinski definition) is 0. The molecule has 6 heteroatoms. The van der Waals surface area contributed by atoms with Gasteiger partial charge in [-0.1, -0.05) is 29.3 Å². The monoisotopic (exact) mass is 297 g/mol. The maximum Gasteiger partial charge on any atom is 0.251 e. The van der Waals surface area contributed by atoms with Crippen molar-refractivity contribution in [3.63, 3.8) is 0 Å². The van der Waals surface area contributed by atoms with E-state index in [-0.39, 0.29) is 0 Å². The van der Waals surface area contributed by atoms with Gasteiger partial charge in [0.2, 0.25) is 0 Å². The van der Waals surface area contributed by atoms with Gasteiger partial charge in [-0.25, -0.2) is 10.0 Å². The maximum atomic E-state index is 5.92. The molecule has 0 N–H and O–H groups in total. The van der Waals surface area contributed by atoms with E-state index in [0.717, 1.165) is 16.9 Å². The molecule has 0 fully saturated rings. The van der Waals surface area contributed by atoms with Crippen LogP contribution in [0.5, 0.6) is 0 Å². The highest BCUT2D eigenvalue weighted by Gasteiger charge is 2.30. The minimum Gasteiger partial charge on any atom is -0.212 e. The Bertz CT molecular complexity index is 766. The van der Waals surface area contributed by atoms with Crippen molar-refractivity contribution in [3.8, 4) is 0 Å². The van der Waals surface area contributed by atoms with Gasteiger partial charge in [0.25, 0.3) is 5.96 Å². The first-order chi connectivity index (χ1) is 10.2. The summed E-state index contributed by atoms with van der Waals surface area (Å²) < 4.78 is 0. The van der Waals surface area contributed by atoms with Crippen LogP contribution in [0.1, 0.15) is 11.1 Å². The Hall–Kier alpha value is -2.40. The first-order valence-electron chi connectivity index (χ1n) is 6.64. The molecule has 0 amide bonds. The molecule has 104 valence electrons. The summed E-state index contributed by atoms with van der Waals surface area (Å²) in [7, 11) is 0. The second kappa shape index (κ2) is 4.56. The van der Waals surface area contributed by atoms with Gasteiger partial charge in [0, 0.05) is 5.02 Å². The number of nitrogens with zero attached hydrogens (tertiary/aromatic N) is 5. The highest BCUT2D eigenvalue weighted by molar-refractivity contribution is 6.30. The summed E-state index contributed by atoms with van der Waals surface area (Å²) in [6.45, 7) is 2.76. The van der Waals surface area contributed by atoms with Gasteiger partial charge in [-0.05, 0) is 53.3 Å². The summed E-state index contributed by atoms with van der Waals surface area (Å²) in [6.07, 6.45) is 0. The molecule has 21 heavy (non-hydrogen) atoms. The van der Waals surface area contributed by atoms with Gasteiger partial charge < -0.3 is 0 Å². The maximum absolute atomic E-state index is 5.92. The highest BCUT2D eigenvalue weighted by Crippen LogP contribution is 2.32. The Balaban J connectivity index is 1.75. The lowest BCUT2D eigenvalue weighted by atomic mass is 10.1. The smallest absolute Gasteiger partial charge is 0.212 e. The van der Waals surface area contributed by atoms with Crippen molar-refractivity contribution >= 4 is 28.9 Å². The topological polar surface area (TPSA) is 43.6 Å². The SMILES string of the molecule is Cc1ccc2c(c1)CN1N=NN(c3ccc(Cl)cc3)C1=N2. The number of benzene rings is 2. The number of rotatable bonds is 1. The fourth-order valence-corrected chi connectivity index (χ4v) is 2.58. The van der Waals surface area contributed by atoms with Gasteiger partial charge in [-0.3, -0.25) is 0 Å². The molecule has 0 aromatic heterocycles. The van der Waals surface area contributed by atoms with Gasteiger partial charge in [-0.15, -0.1) is 0 Å². The fraction of sp³-hybridized carbons (Fsp3) is 0.133. The quantitative estimate of drug-likeness (QED) is 0.789. The Kier molecular flexibility index (Phi) is 2.68. The van der Waals surface area contributed by atoms with Gasteiger partial charge >= 0.3 is 0 Å². The van der Waals surface area contributed by atoms with Gasteiger partial charge in [-0.2, -0.15) is 5.01 Å². The summed E-state index contributed by atoms with van der Waals surface area (Å²) in [5.41, 5.74) is 4.24. The minimum atomic E-state index is 0.684. The van der Waals surface area contributed by atoms with Crippen LogP contribution in [0.15, 0.2) is 57.9 Å². The summed E-state index contributed by atoms with van der Waals surface area (Å²) in [4.78, 5) is 4.68. The van der Waals surface area contributed by atoms with E-state index >= 15 is 0 Å². The lowest BCUT2D eigenvalue weighted by Crippen LogP contribution is -2.34. The second-order valence-corrected chi connectivity index (χ2v) is 5.51. The standard InChI is InChI=1S/C15H12ClN5/c1-10-2-7-14-11(8-10)9-20-15(17-14)21(19-18-20)13-5-3-12(16)4-6-13/h2-8H,9H2,1H3. The van der Waals surface area contributed by atoms with Crippen molar-refractivity contribution in [2.75, 3.05) is 5.01 Å². The second-order valence-electron chi connectivity index (χ2n) is 5.07. The molecule has 5 nitrogen and oxygen atoms in total. The van der Waals surface area contributed by atoms with E-state index in [0.29, 0.717) is 17.5 Å². The van der Waals surface area contributed by atoms with Gasteiger partial charge in [0.05, 0.1) is 17.9 Å². The van der Waals surface area contributed by atoms with Crippen LogP contribution in [0.4, 0.5) is 11.4 Å². The molecular formula is C15H12ClN5. The van der Waals surface area contributed by atoms with Crippen LogP contribution in [-0.2, 0) is 6.54 Å². The summed E-state index contributed by atoms with van der Waals surface area (Å²) in [5, 5.41) is 12.6. The summed E-state index contributed by atoms with van der Waals surface area (Å²) in [6, 6.07) is 13.7. The number of aryl methyl sites for hydroxylation is 1. The van der Waals surface area contributed by atoms with Crippen molar-refractivity contribution in [1.82, 2.24) is 5.01 Å². The Morgan fingerprint density at radius 2 is 1.86 bits per heavy atom. The number of fused-ring (bicyclic) bond motifs is 2. The Labute approximate surface area is 127 Å². The molecule has 2 aromatic carbocycles. The Morgan fingerprint density at radius 1 is 1.05 bits per heavy atom. The first kappa shape index (κ1) is 12.3. The van der Waals surface area contributed by atoms with Crippen LogP contribution < -0.4 is 5.01 Å². The van der Waals surface area contributed by atoms with Crippen LogP contribution in [-0.4, -0.2) is 11.0 Å². The van der Waals surface area contributed by atoms with E-state index in [1.165, 1.54) is 5.56 Å². The first-order valence-corrected chi connectivity index (χ1v) is 7.01. The van der Waals surface area contributed by atoms with Crippen LogP contribution >= 0.6 is 11.6 Å². The van der Waals surface area contributed by atoms with Crippen molar-refractivity contribution in [2.24, 2.45) is 15.4 Å². The molecule has 2 aliphatic heterocycles. The number of anilines is 1. The van der Waals surface area contributed by atoms with Crippen molar-refractivity contribution in [3.05, 3.63) is 58.6 Å². The zero-order valence-electron chi connectivity index (χ0n) is 11.4. The van der Waals surface area contributed by atoms with Crippen molar-refractivity contribution in [1.29, 1.82) is 0 Å². The third-order valence-electron chi connectivity index (χ3n) is 3.50. The van der Waals surface area contributed by atoms with Crippen molar-refractivity contribution < 1.29 is 0 Å². The number of hydrogen-bond acceptors (Lipinski definition) is 5. The lowest BCUT2D eigenvalue weighted by Gasteiger charge is -2.23. The van der Waals surface area contributed by atoms with Gasteiger partial charge in [0.1, 0.15) is 0 Å². The lowest BCUT2D eigenvalue weighted by molar-refractivity contribution is 0.427. The van der Waals surface area contributed by atoms with E-state index in [1.54, 1.807) is 10.0 Å². The molecule has 4 rings (SSSR count). The molecule has 0 aliphatic carbocycles. The molecule has 0 saturated carbocycles. The average Bonchev–Trinajstić information content (AvgIpc) is 2.88. The molecule has 2 aromatic rings. The Morgan fingerprint density at radius 3 is 2.67 bits per heavy atom. The molecule has 0 saturated heterocycles. The summed E-state index contributed by atoms with van der Waals surface area (Å²) >= 11 is 5.92. The predicted octanol–water partition coefficient (Wildman–Crippen LogP) is 4.25. The van der Waals surface area contributed by atoms with E-state index in [9.17, 15) is 0 Å². The van der Waals surface area contributed by atoms with E-state index < -0.39 is 0 Å². The molecule has 2 aliphatic rings. The molecule has 2 heterocycles. The number of aliphatic imine (C=N–C) groups is 1. The third-order valence-corrected chi connectivity index (χ3v) is 3.76. The van der Waals surface area contributed by atoms with Crippen LogP contribution in [0.2, 0.25) is 5.02 Å². The van der Waals surface area contributed by atoms with Crippen LogP contribution in [0.25, 0.3) is 0 Å². The van der Waals surface area contributed by atoms with Crippen LogP contribution in [0, 0.1) is 6.92 Å². The number of guanidine groups is 1. The van der Waals surface area contributed by atoms with E-state index in [1.807, 2.05) is 30.3 Å². The third kappa shape index (κ3) is 2.06. The zero-order valence-corrected chi connectivity index (χ0v) is 12.1. The van der Waals surface area contributed by atoms with Crippen LogP contribution in [0.3, 0.4) is 0 Å². The van der Waals surface area contributed by atoms with Crippen molar-refractivity contribution in [2.45, 2.75) is 13.5 Å². The number of halogens is 1. The molecular weight excluding hydrogens is 286 g/mol. The predicted molar refractivity (Wildman–Crippen MR) is 82.6 cm³/mol. The normalized spacial score (nSPS) is 15.8. The van der Waals surface area contributed by atoms with E-state index in [2.05, 4.69) is 34.5 Å². The molecule has 0 spiro atoms.